The van der Waals surface area contributed by atoms with Gasteiger partial charge in [0.25, 0.3) is 11.8 Å². The van der Waals surface area contributed by atoms with Crippen molar-refractivity contribution >= 4 is 40.6 Å². The van der Waals surface area contributed by atoms with E-state index in [9.17, 15) is 9.59 Å². The molecule has 11 nitrogen and oxygen atoms in total. The Hall–Kier alpha value is -5.14. The van der Waals surface area contributed by atoms with Crippen molar-refractivity contribution in [1.82, 2.24) is 25.1 Å². The second-order valence-corrected chi connectivity index (χ2v) is 12.5. The maximum Gasteiger partial charge on any atom is 0.258 e. The second-order valence-electron chi connectivity index (χ2n) is 10.6. The minimum absolute atomic E-state index is 0.0698. The number of nitrogens with zero attached hydrogens (tertiary/aromatic N) is 5. The lowest BCUT2D eigenvalue weighted by Crippen LogP contribution is -2.29. The van der Waals surface area contributed by atoms with Crippen LogP contribution in [0.1, 0.15) is 35.7 Å². The first-order valence-corrected chi connectivity index (χ1v) is 17.2. The number of aromatic nitrogens is 3. The van der Waals surface area contributed by atoms with Crippen LogP contribution >= 0.6 is 23.1 Å². The van der Waals surface area contributed by atoms with Gasteiger partial charge in [-0.25, -0.2) is 5.01 Å². The highest BCUT2D eigenvalue weighted by Gasteiger charge is 2.33. The van der Waals surface area contributed by atoms with Crippen molar-refractivity contribution in [3.8, 4) is 22.9 Å². The number of amides is 2. The van der Waals surface area contributed by atoms with E-state index in [0.717, 1.165) is 33.3 Å². The molecule has 0 saturated carbocycles. The normalized spacial score (nSPS) is 14.0. The Balaban J connectivity index is 1.20. The maximum atomic E-state index is 13.8. The van der Waals surface area contributed by atoms with E-state index in [1.54, 1.807) is 35.6 Å². The number of hydrazone groups is 1. The highest BCUT2D eigenvalue weighted by molar-refractivity contribution is 7.99. The van der Waals surface area contributed by atoms with Crippen molar-refractivity contribution in [2.45, 2.75) is 31.1 Å². The van der Waals surface area contributed by atoms with Gasteiger partial charge in [-0.2, -0.15) is 5.10 Å². The molecule has 1 N–H and O–H groups in total. The van der Waals surface area contributed by atoms with E-state index in [2.05, 4.69) is 15.5 Å². The molecule has 3 aromatic carbocycles. The number of thiophene rings is 1. The number of hydrogen-bond acceptors (Lipinski definition) is 10. The molecule has 0 radical (unpaired) electrons. The van der Waals surface area contributed by atoms with Gasteiger partial charge in [0.1, 0.15) is 17.2 Å². The molecule has 0 unspecified atom stereocenters. The monoisotopic (exact) mass is 682 g/mol. The minimum atomic E-state index is -0.303. The van der Waals surface area contributed by atoms with Gasteiger partial charge in [-0.1, -0.05) is 48.2 Å². The SMILES string of the molecule is CCOc1ccc(-n2c(CNC(=O)COc3ccccc3)nnc2SCC(=O)N2N=C(c3cccs3)C[C@@H]2c2ccc(OC)cc2)cc1. The van der Waals surface area contributed by atoms with Crippen LogP contribution in [0.4, 0.5) is 0 Å². The number of methoxy groups -OCH3 is 1. The van der Waals surface area contributed by atoms with Crippen LogP contribution in [-0.4, -0.2) is 63.4 Å². The van der Waals surface area contributed by atoms with Crippen molar-refractivity contribution in [2.75, 3.05) is 26.1 Å². The van der Waals surface area contributed by atoms with Crippen LogP contribution in [0.2, 0.25) is 0 Å². The van der Waals surface area contributed by atoms with E-state index in [0.29, 0.717) is 29.8 Å². The van der Waals surface area contributed by atoms with Gasteiger partial charge in [-0.3, -0.25) is 14.2 Å². The fourth-order valence-electron chi connectivity index (χ4n) is 5.13. The Morgan fingerprint density at radius 2 is 1.67 bits per heavy atom. The Labute approximate surface area is 286 Å². The van der Waals surface area contributed by atoms with Crippen LogP contribution in [-0.2, 0) is 16.1 Å². The molecule has 2 amide bonds. The second kappa shape index (κ2) is 15.6. The van der Waals surface area contributed by atoms with Crippen LogP contribution in [0.5, 0.6) is 17.2 Å². The van der Waals surface area contributed by atoms with Crippen LogP contribution in [0, 0.1) is 0 Å². The molecule has 1 aliphatic heterocycles. The largest absolute Gasteiger partial charge is 0.497 e. The number of thioether (sulfide) groups is 1. The molecule has 0 saturated heterocycles. The van der Waals surface area contributed by atoms with Crippen molar-refractivity contribution < 1.29 is 23.8 Å². The van der Waals surface area contributed by atoms with Crippen molar-refractivity contribution in [3.63, 3.8) is 0 Å². The first kappa shape index (κ1) is 32.8. The fourth-order valence-corrected chi connectivity index (χ4v) is 6.67. The summed E-state index contributed by atoms with van der Waals surface area (Å²) < 4.78 is 18.4. The summed E-state index contributed by atoms with van der Waals surface area (Å²) >= 11 is 2.86. The summed E-state index contributed by atoms with van der Waals surface area (Å²) in [6.07, 6.45) is 0.601. The van der Waals surface area contributed by atoms with E-state index in [-0.39, 0.29) is 36.8 Å². The summed E-state index contributed by atoms with van der Waals surface area (Å²) in [5.41, 5.74) is 2.60. The molecule has 48 heavy (non-hydrogen) atoms. The Bertz CT molecular complexity index is 1840. The Morgan fingerprint density at radius 1 is 0.917 bits per heavy atom. The average molecular weight is 683 g/mol. The zero-order valence-corrected chi connectivity index (χ0v) is 28.1. The molecule has 1 aliphatic rings. The zero-order valence-electron chi connectivity index (χ0n) is 26.4. The average Bonchev–Trinajstić information content (AvgIpc) is 3.90. The molecule has 0 spiro atoms. The van der Waals surface area contributed by atoms with Gasteiger partial charge < -0.3 is 19.5 Å². The van der Waals surface area contributed by atoms with Crippen molar-refractivity contribution in [1.29, 1.82) is 0 Å². The molecule has 1 atom stereocenters. The molecule has 0 fully saturated rings. The summed E-state index contributed by atoms with van der Waals surface area (Å²) in [7, 11) is 1.63. The van der Waals surface area contributed by atoms with Gasteiger partial charge in [-0.15, -0.1) is 21.5 Å². The Morgan fingerprint density at radius 3 is 2.38 bits per heavy atom. The standard InChI is InChI=1S/C35H34N6O5S2/c1-3-45-28-17-13-25(14-18-28)40-32(21-36-33(42)22-46-27-8-5-4-6-9-27)37-38-35(40)48-23-34(43)41-30(24-11-15-26(44-2)16-12-24)20-29(39-41)31-10-7-19-47-31/h4-19,30H,3,20-23H2,1-2H3,(H,36,42)/t30-/m1/s1. The molecule has 0 aliphatic carbocycles. The molecular formula is C35H34N6O5S2. The number of rotatable bonds is 14. The molecule has 3 heterocycles. The minimum Gasteiger partial charge on any atom is -0.497 e. The van der Waals surface area contributed by atoms with Gasteiger partial charge in [0.05, 0.1) is 42.6 Å². The zero-order chi connectivity index (χ0) is 33.3. The fraction of sp³-hybridized carbons (Fsp3) is 0.229. The highest BCUT2D eigenvalue weighted by Crippen LogP contribution is 2.35. The number of carbonyl (C=O) groups excluding carboxylic acids is 2. The first-order chi connectivity index (χ1) is 23.5. The predicted octanol–water partition coefficient (Wildman–Crippen LogP) is 5.90. The molecule has 5 aromatic rings. The molecule has 6 rings (SSSR count). The number of ether oxygens (including phenoxy) is 3. The predicted molar refractivity (Wildman–Crippen MR) is 185 cm³/mol. The van der Waals surface area contributed by atoms with Gasteiger partial charge in [0.2, 0.25) is 0 Å². The van der Waals surface area contributed by atoms with Crippen LogP contribution in [0.25, 0.3) is 5.69 Å². The quantitative estimate of drug-likeness (QED) is 0.144. The van der Waals surface area contributed by atoms with Crippen LogP contribution in [0.3, 0.4) is 0 Å². The third-order valence-electron chi connectivity index (χ3n) is 7.46. The van der Waals surface area contributed by atoms with Gasteiger partial charge in [0.15, 0.2) is 17.6 Å². The number of hydrogen-bond donors (Lipinski definition) is 1. The molecule has 246 valence electrons. The lowest BCUT2D eigenvalue weighted by molar-refractivity contribution is -0.130. The smallest absolute Gasteiger partial charge is 0.258 e. The summed E-state index contributed by atoms with van der Waals surface area (Å²) in [6, 6.07) is 28.1. The van der Waals surface area contributed by atoms with Gasteiger partial charge in [-0.05, 0) is 72.5 Å². The first-order valence-electron chi connectivity index (χ1n) is 15.3. The van der Waals surface area contributed by atoms with Crippen molar-refractivity contribution in [2.24, 2.45) is 5.10 Å². The number of carbonyl (C=O) groups is 2. The maximum absolute atomic E-state index is 13.8. The Kier molecular flexibility index (Phi) is 10.7. The third-order valence-corrected chi connectivity index (χ3v) is 9.29. The molecule has 2 aromatic heterocycles. The van der Waals surface area contributed by atoms with E-state index < -0.39 is 0 Å². The molecule has 0 bridgehead atoms. The third kappa shape index (κ3) is 7.86. The van der Waals surface area contributed by atoms with E-state index in [4.69, 9.17) is 19.3 Å². The van der Waals surface area contributed by atoms with Crippen LogP contribution in [0.15, 0.2) is 107 Å². The molecule has 13 heteroatoms. The van der Waals surface area contributed by atoms with E-state index >= 15 is 0 Å². The highest BCUT2D eigenvalue weighted by atomic mass is 32.2. The number of benzene rings is 3. The van der Waals surface area contributed by atoms with E-state index in [1.165, 1.54) is 11.8 Å². The summed E-state index contributed by atoms with van der Waals surface area (Å²) in [5, 5.41) is 20.5. The van der Waals surface area contributed by atoms with Crippen LogP contribution < -0.4 is 19.5 Å². The summed E-state index contributed by atoms with van der Waals surface area (Å²) in [5.74, 6) is 2.17. The number of para-hydroxylation sites is 1. The van der Waals surface area contributed by atoms with Gasteiger partial charge in [0, 0.05) is 12.1 Å². The lowest BCUT2D eigenvalue weighted by atomic mass is 10.0. The van der Waals surface area contributed by atoms with Gasteiger partial charge >= 0.3 is 0 Å². The summed E-state index contributed by atoms with van der Waals surface area (Å²) in [6.45, 7) is 2.43. The van der Waals surface area contributed by atoms with Crippen molar-refractivity contribution in [3.05, 3.63) is 113 Å². The topological polar surface area (TPSA) is 120 Å². The molecular weight excluding hydrogens is 649 g/mol. The summed E-state index contributed by atoms with van der Waals surface area (Å²) in [4.78, 5) is 27.5. The number of nitrogens with one attached hydrogen (secondary N) is 1. The lowest BCUT2D eigenvalue weighted by Gasteiger charge is -2.22. The van der Waals surface area contributed by atoms with E-state index in [1.807, 2.05) is 95.7 Å².